The lowest BCUT2D eigenvalue weighted by Crippen LogP contribution is -2.61. The number of nitrogens with one attached hydrogen (secondary N) is 9. The summed E-state index contributed by atoms with van der Waals surface area (Å²) >= 11 is 2.44. The fraction of sp³-hybridized carbons (Fsp3) is 0.424. The molecule has 2 aromatic heterocycles. The lowest BCUT2D eigenvalue weighted by Gasteiger charge is -2.37. The third-order valence-corrected chi connectivity index (χ3v) is 24.1. The Morgan fingerprint density at radius 2 is 0.960 bits per heavy atom. The number of aliphatic carboxylic acids is 1. The highest BCUT2D eigenvalue weighted by molar-refractivity contribution is 8.00. The zero-order valence-corrected chi connectivity index (χ0v) is 74.0. The lowest BCUT2D eigenvalue weighted by molar-refractivity contribution is -0.151. The Morgan fingerprint density at radius 3 is 1.55 bits per heavy atom. The minimum absolute atomic E-state index is 0.0132. The zero-order chi connectivity index (χ0) is 90.7. The number of fused-ring (bicyclic) bond motifs is 2. The molecule has 3 heterocycles. The second-order valence-electron chi connectivity index (χ2n) is 32.6. The van der Waals surface area contributed by atoms with Gasteiger partial charge in [-0.2, -0.15) is 0 Å². The Bertz CT molecular complexity index is 5040. The first-order valence-electron chi connectivity index (χ1n) is 41.9. The summed E-state index contributed by atoms with van der Waals surface area (Å²) in [6, 6.07) is 31.8. The number of aromatic hydroxyl groups is 1. The van der Waals surface area contributed by atoms with E-state index in [0.717, 1.165) is 31.2 Å². The molecular weight excluding hydrogens is 1640 g/mol. The Morgan fingerprint density at radius 1 is 0.472 bits per heavy atom. The molecule has 0 spiro atoms. The molecule has 9 rings (SSSR count). The molecule has 0 radical (unpaired) electrons. The van der Waals surface area contributed by atoms with Gasteiger partial charge in [0.2, 0.25) is 76.8 Å². The van der Waals surface area contributed by atoms with Crippen molar-refractivity contribution >= 4 is 127 Å². The molecule has 1 aliphatic rings. The van der Waals surface area contributed by atoms with Crippen LogP contribution in [0.5, 0.6) is 5.75 Å². The number of para-hydroxylation sites is 2. The maximum Gasteiger partial charge on any atom is 0.305 e. The van der Waals surface area contributed by atoms with Crippen LogP contribution in [0.15, 0.2) is 170 Å². The van der Waals surface area contributed by atoms with Gasteiger partial charge < -0.3 is 82.2 Å². The van der Waals surface area contributed by atoms with Crippen LogP contribution in [0.25, 0.3) is 21.1 Å². The van der Waals surface area contributed by atoms with Crippen LogP contribution in [0, 0.1) is 11.8 Å². The van der Waals surface area contributed by atoms with Crippen molar-refractivity contribution in [2.24, 2.45) is 11.8 Å². The van der Waals surface area contributed by atoms with E-state index in [0.29, 0.717) is 62.1 Å². The molecule has 33 heteroatoms. The number of likely N-dealkylation sites (N-methyl/N-ethyl adjacent to an activating group) is 5. The first kappa shape index (κ1) is 96.3. The van der Waals surface area contributed by atoms with Gasteiger partial charge in [-0.15, -0.1) is 23.1 Å². The van der Waals surface area contributed by atoms with Gasteiger partial charge in [0.15, 0.2) is 0 Å². The number of carbonyl (C=O) groups is 14. The van der Waals surface area contributed by atoms with Gasteiger partial charge in [-0.25, -0.2) is 4.98 Å². The van der Waals surface area contributed by atoms with Gasteiger partial charge in [-0.1, -0.05) is 181 Å². The number of carboxylic acid groups (broad SMARTS) is 1. The minimum Gasteiger partial charge on any atom is -0.508 e. The summed E-state index contributed by atoms with van der Waals surface area (Å²) in [5.74, 6) is -13.0. The fourth-order valence-corrected chi connectivity index (χ4v) is 16.8. The van der Waals surface area contributed by atoms with Crippen molar-refractivity contribution < 1.29 is 77.3 Å². The molecule has 1 fully saturated rings. The summed E-state index contributed by atoms with van der Waals surface area (Å²) < 4.78 is 0.789. The van der Waals surface area contributed by atoms with Crippen LogP contribution in [0.2, 0.25) is 0 Å². The molecular formula is C92H115N15O16S2. The standard InChI is InChI=1S/C92H115N15O16S2/c1-12-13-36-73-90(121)104(8)52-78(110)96-70(49-81(112)113)86(117)102-82(56(4)5)92(123)106(10)74(45-59-29-19-15-20-30-59)87(118)101-71(44-61-38-40-63(108)41-39-61)88(119)103(7)51-77(109)95-68(47-62-50-93-65-34-24-23-33-64(62)65)84(115)100-69(48-80-98-66-35-25-26-37-76(66)125-80)85(116)99-67(42-55(2)3)83(114)94-57(6)53-124-54-79(111)97-72(43-58-27-17-14-18-28-58)89(120)107(11)75(91(122)105(73)9)46-60-31-21-16-22-32-60/h14-35,37-41,50,55-57,67-75,82,93,108H,12-13,36,42-49,51-54H2,1-11H3,(H,94,114)(H,95,109)(H,96,110)(H,97,111)(H,99,116)(H,100,115)(H,101,118)(H,102,117)(H,112,113)/t57-,67+,68+,69+,70+,71+,72+,73+,74+,75+,82+/m1/s1. The van der Waals surface area contributed by atoms with Gasteiger partial charge in [0.25, 0.3) is 0 Å². The van der Waals surface area contributed by atoms with Gasteiger partial charge in [-0.3, -0.25) is 67.1 Å². The Hall–Kier alpha value is -12.5. The fourth-order valence-electron chi connectivity index (χ4n) is 15.0. The van der Waals surface area contributed by atoms with Gasteiger partial charge in [0.05, 0.1) is 40.5 Å². The molecule has 0 aliphatic carbocycles. The van der Waals surface area contributed by atoms with E-state index >= 15 is 33.6 Å². The summed E-state index contributed by atoms with van der Waals surface area (Å²) in [6.07, 6.45) is 1.00. The number of aromatic nitrogens is 2. The Kier molecular flexibility index (Phi) is 35.7. The molecule has 13 amide bonds. The summed E-state index contributed by atoms with van der Waals surface area (Å²) in [6.45, 7) is 9.01. The Labute approximate surface area is 736 Å². The van der Waals surface area contributed by atoms with E-state index in [-0.39, 0.29) is 74.5 Å². The van der Waals surface area contributed by atoms with Gasteiger partial charge >= 0.3 is 5.97 Å². The van der Waals surface area contributed by atoms with Crippen molar-refractivity contribution in [1.29, 1.82) is 0 Å². The maximum atomic E-state index is 15.5. The van der Waals surface area contributed by atoms with Crippen LogP contribution in [-0.2, 0) is 106 Å². The van der Waals surface area contributed by atoms with E-state index in [1.807, 2.05) is 57.2 Å². The second-order valence-corrected chi connectivity index (χ2v) is 34.8. The largest absolute Gasteiger partial charge is 0.508 e. The summed E-state index contributed by atoms with van der Waals surface area (Å²) in [7, 11) is 6.76. The predicted molar refractivity (Wildman–Crippen MR) is 477 cm³/mol. The van der Waals surface area contributed by atoms with Crippen molar-refractivity contribution in [2.75, 3.05) is 59.8 Å². The summed E-state index contributed by atoms with van der Waals surface area (Å²) in [5, 5.41) is 44.2. The third kappa shape index (κ3) is 28.0. The number of nitrogens with zero attached hydrogens (tertiary/aromatic N) is 6. The normalized spacial score (nSPS) is 22.4. The van der Waals surface area contributed by atoms with Crippen LogP contribution in [0.3, 0.4) is 0 Å². The number of unbranched alkanes of at least 4 members (excludes halogenated alkanes) is 1. The molecule has 0 bridgehead atoms. The highest BCUT2D eigenvalue weighted by Crippen LogP contribution is 2.26. The van der Waals surface area contributed by atoms with E-state index < -0.39 is 175 Å². The van der Waals surface area contributed by atoms with Crippen LogP contribution >= 0.6 is 23.1 Å². The quantitative estimate of drug-likeness (QED) is 0.0439. The van der Waals surface area contributed by atoms with E-state index in [1.165, 1.54) is 80.6 Å². The number of phenols is 1. The molecule has 125 heavy (non-hydrogen) atoms. The number of benzene rings is 6. The number of thioether (sulfide) groups is 1. The number of rotatable bonds is 20. The van der Waals surface area contributed by atoms with Crippen molar-refractivity contribution in [3.05, 3.63) is 203 Å². The number of hydrogen-bond donors (Lipinski definition) is 11. The molecule has 1 saturated heterocycles. The average molecular weight is 1750 g/mol. The number of H-pyrrole nitrogens is 1. The SMILES string of the molecule is CCCC[C@H]1C(=O)N(C)CC(=O)N[C@@H](CC(=O)O)C(=O)N[C@@H](C(C)C)C(=O)N(C)[C@@H](Cc2ccccc2)C(=O)N[C@@H](Cc2ccc(O)cc2)C(=O)N(C)CC(=O)N[C@@H](Cc2c[nH]c3ccccc23)C(=O)N[C@@H](Cc2nc3ccccc3s2)C(=O)N[C@@H](CC(C)C)C(=O)N[C@H](C)CSCC(=O)N[C@@H](Cc2ccccc2)C(=O)N(C)[C@@H](Cc2ccccc2)C(=O)N1C. The molecule has 0 saturated carbocycles. The second kappa shape index (κ2) is 46.3. The molecule has 31 nitrogen and oxygen atoms in total. The number of carbonyl (C=O) groups excluding carboxylic acids is 13. The highest BCUT2D eigenvalue weighted by Gasteiger charge is 2.42. The molecule has 8 aromatic rings. The molecule has 11 atom stereocenters. The maximum absolute atomic E-state index is 15.5. The summed E-state index contributed by atoms with van der Waals surface area (Å²) in [4.78, 5) is 221. The third-order valence-electron chi connectivity index (χ3n) is 21.8. The van der Waals surface area contributed by atoms with Crippen LogP contribution in [0.1, 0.15) is 106 Å². The zero-order valence-electron chi connectivity index (χ0n) is 72.4. The number of thiazole rings is 1. The van der Waals surface area contributed by atoms with Crippen molar-refractivity contribution in [1.82, 2.24) is 77.0 Å². The summed E-state index contributed by atoms with van der Waals surface area (Å²) in [5.41, 5.74) is 4.22. The number of hydrogen-bond acceptors (Lipinski definition) is 18. The first-order chi connectivity index (χ1) is 59.6. The molecule has 1 aliphatic heterocycles. The van der Waals surface area contributed by atoms with Crippen LogP contribution in [-0.4, -0.2) is 254 Å². The van der Waals surface area contributed by atoms with E-state index in [9.17, 15) is 43.8 Å². The van der Waals surface area contributed by atoms with Crippen LogP contribution < -0.4 is 42.5 Å². The van der Waals surface area contributed by atoms with Crippen molar-refractivity contribution in [3.63, 3.8) is 0 Å². The minimum atomic E-state index is -1.87. The van der Waals surface area contributed by atoms with E-state index in [1.54, 1.807) is 130 Å². The first-order valence-corrected chi connectivity index (χ1v) is 43.9. The van der Waals surface area contributed by atoms with Gasteiger partial charge in [0.1, 0.15) is 66.2 Å². The molecule has 11 N–H and O–H groups in total. The molecule has 6 aromatic carbocycles. The predicted octanol–water partition coefficient (Wildman–Crippen LogP) is 5.65. The molecule has 666 valence electrons. The molecule has 0 unspecified atom stereocenters. The van der Waals surface area contributed by atoms with Crippen molar-refractivity contribution in [2.45, 2.75) is 179 Å². The number of phenolic OH excluding ortho intramolecular Hbond substituents is 1. The van der Waals surface area contributed by atoms with E-state index in [2.05, 4.69) is 47.5 Å². The smallest absolute Gasteiger partial charge is 0.305 e. The number of aromatic amines is 1. The van der Waals surface area contributed by atoms with E-state index in [4.69, 9.17) is 4.98 Å². The highest BCUT2D eigenvalue weighted by atomic mass is 32.2. The average Bonchev–Trinajstić information content (AvgIpc) is 1.17. The lowest BCUT2D eigenvalue weighted by atomic mass is 9.98. The Balaban J connectivity index is 1.08. The van der Waals surface area contributed by atoms with Gasteiger partial charge in [-0.05, 0) is 89.8 Å². The van der Waals surface area contributed by atoms with Crippen molar-refractivity contribution in [3.8, 4) is 5.75 Å². The number of amides is 13. The van der Waals surface area contributed by atoms with Gasteiger partial charge in [0, 0.05) is 103 Å². The number of carboxylic acids is 1. The monoisotopic (exact) mass is 1750 g/mol. The topological polar surface area (TPSA) is 421 Å². The van der Waals surface area contributed by atoms with Crippen LogP contribution in [0.4, 0.5) is 0 Å².